The van der Waals surface area contributed by atoms with E-state index in [0.717, 1.165) is 57.9 Å². The highest BCUT2D eigenvalue weighted by Gasteiger charge is 2.40. The van der Waals surface area contributed by atoms with E-state index in [1.54, 1.807) is 0 Å². The zero-order valence-electron chi connectivity index (χ0n) is 18.8. The van der Waals surface area contributed by atoms with Gasteiger partial charge in [0.15, 0.2) is 0 Å². The van der Waals surface area contributed by atoms with Crippen LogP contribution in [0.2, 0.25) is 6.04 Å². The Balaban J connectivity index is 2.37. The number of nitrogens with one attached hydrogen (secondary N) is 1. The van der Waals surface area contributed by atoms with Gasteiger partial charge in [-0.3, -0.25) is 0 Å². The number of rotatable bonds is 19. The fourth-order valence-electron chi connectivity index (χ4n) is 2.94. The molecular formula is C23H42N2O3Si. The van der Waals surface area contributed by atoms with Crippen LogP contribution in [0.3, 0.4) is 0 Å². The van der Waals surface area contributed by atoms with Gasteiger partial charge in [0.1, 0.15) is 0 Å². The van der Waals surface area contributed by atoms with Gasteiger partial charge in [-0.2, -0.15) is 0 Å². The summed E-state index contributed by atoms with van der Waals surface area (Å²) in [4.78, 5) is 2.24. The summed E-state index contributed by atoms with van der Waals surface area (Å²) in [5.41, 5.74) is 1.30. The first-order valence-corrected chi connectivity index (χ1v) is 13.2. The standard InChI is InChI=1S/C23H42N2O3Si/c1-5-18-26-29(27-19-6-2,28-20-7-3)21-12-15-24-16-17-25(8-4)22-23-13-10-9-11-14-23/h8-11,13-14,24H,4-7,12,15-22H2,1-3H3. The molecule has 0 saturated carbocycles. The molecule has 0 amide bonds. The lowest BCUT2D eigenvalue weighted by molar-refractivity contribution is 0.0588. The monoisotopic (exact) mass is 422 g/mol. The summed E-state index contributed by atoms with van der Waals surface area (Å²) < 4.78 is 18.5. The molecular weight excluding hydrogens is 380 g/mol. The first-order chi connectivity index (χ1) is 14.2. The van der Waals surface area contributed by atoms with E-state index in [-0.39, 0.29) is 0 Å². The second-order valence-corrected chi connectivity index (χ2v) is 9.95. The molecule has 166 valence electrons. The molecule has 0 bridgehead atoms. The lowest BCUT2D eigenvalue weighted by atomic mass is 10.2. The van der Waals surface area contributed by atoms with Gasteiger partial charge >= 0.3 is 8.80 Å². The Kier molecular flexibility index (Phi) is 14.8. The SMILES string of the molecule is C=CN(CCNCCC[Si](OCCC)(OCCC)OCCC)Cc1ccccc1. The Labute approximate surface area is 179 Å². The number of hydrogen-bond acceptors (Lipinski definition) is 5. The normalized spacial score (nSPS) is 11.6. The summed E-state index contributed by atoms with van der Waals surface area (Å²) in [5, 5.41) is 3.54. The Bertz CT molecular complexity index is 494. The molecule has 0 heterocycles. The van der Waals surface area contributed by atoms with Gasteiger partial charge in [-0.1, -0.05) is 57.7 Å². The van der Waals surface area contributed by atoms with Crippen molar-refractivity contribution in [1.29, 1.82) is 0 Å². The van der Waals surface area contributed by atoms with E-state index >= 15 is 0 Å². The third kappa shape index (κ3) is 11.5. The van der Waals surface area contributed by atoms with Gasteiger partial charge < -0.3 is 23.5 Å². The van der Waals surface area contributed by atoms with E-state index in [4.69, 9.17) is 13.3 Å². The van der Waals surface area contributed by atoms with Crippen molar-refractivity contribution in [2.24, 2.45) is 0 Å². The first kappa shape index (κ1) is 25.9. The molecule has 1 rings (SSSR count). The van der Waals surface area contributed by atoms with E-state index in [0.29, 0.717) is 19.8 Å². The smallest absolute Gasteiger partial charge is 0.373 e. The van der Waals surface area contributed by atoms with Crippen molar-refractivity contribution >= 4 is 8.80 Å². The first-order valence-electron chi connectivity index (χ1n) is 11.2. The molecule has 5 nitrogen and oxygen atoms in total. The van der Waals surface area contributed by atoms with Crippen molar-refractivity contribution < 1.29 is 13.3 Å². The predicted molar refractivity (Wildman–Crippen MR) is 124 cm³/mol. The molecule has 1 aromatic carbocycles. The summed E-state index contributed by atoms with van der Waals surface area (Å²) in [7, 11) is -2.56. The molecule has 0 spiro atoms. The summed E-state index contributed by atoms with van der Waals surface area (Å²) in [6.07, 6.45) is 5.86. The fraction of sp³-hybridized carbons (Fsp3) is 0.652. The maximum Gasteiger partial charge on any atom is 0.501 e. The van der Waals surface area contributed by atoms with Crippen LogP contribution in [-0.4, -0.2) is 53.2 Å². The van der Waals surface area contributed by atoms with E-state index in [1.165, 1.54) is 5.56 Å². The van der Waals surface area contributed by atoms with Gasteiger partial charge in [-0.05, 0) is 44.0 Å². The molecule has 1 aromatic rings. The third-order valence-electron chi connectivity index (χ3n) is 4.48. The number of hydrogen-bond donors (Lipinski definition) is 1. The van der Waals surface area contributed by atoms with Crippen molar-refractivity contribution in [2.75, 3.05) is 39.5 Å². The Morgan fingerprint density at radius 2 is 1.52 bits per heavy atom. The molecule has 0 aliphatic rings. The van der Waals surface area contributed by atoms with Crippen molar-refractivity contribution in [2.45, 2.75) is 59.0 Å². The van der Waals surface area contributed by atoms with Crippen LogP contribution < -0.4 is 5.32 Å². The molecule has 0 aromatic heterocycles. The van der Waals surface area contributed by atoms with Crippen LogP contribution in [0.25, 0.3) is 0 Å². The summed E-state index contributed by atoms with van der Waals surface area (Å²) in [6.45, 7) is 16.1. The molecule has 1 N–H and O–H groups in total. The molecule has 29 heavy (non-hydrogen) atoms. The van der Waals surface area contributed by atoms with E-state index < -0.39 is 8.80 Å². The summed E-state index contributed by atoms with van der Waals surface area (Å²) in [6, 6.07) is 11.4. The average Bonchev–Trinajstić information content (AvgIpc) is 2.76. The number of benzene rings is 1. The van der Waals surface area contributed by atoms with Crippen LogP contribution in [0, 0.1) is 0 Å². The van der Waals surface area contributed by atoms with E-state index in [1.807, 2.05) is 12.3 Å². The molecule has 0 fully saturated rings. The Morgan fingerprint density at radius 3 is 2.03 bits per heavy atom. The van der Waals surface area contributed by atoms with Crippen LogP contribution in [0.1, 0.15) is 52.0 Å². The molecule has 0 aliphatic heterocycles. The van der Waals surface area contributed by atoms with Gasteiger partial charge in [-0.25, -0.2) is 0 Å². The van der Waals surface area contributed by atoms with Crippen LogP contribution in [0.5, 0.6) is 0 Å². The minimum Gasteiger partial charge on any atom is -0.373 e. The Morgan fingerprint density at radius 1 is 0.931 bits per heavy atom. The fourth-order valence-corrected chi connectivity index (χ4v) is 5.78. The maximum atomic E-state index is 6.16. The van der Waals surface area contributed by atoms with Gasteiger partial charge in [0.05, 0.1) is 0 Å². The second-order valence-electron chi connectivity index (χ2n) is 7.22. The van der Waals surface area contributed by atoms with E-state index in [2.05, 4.69) is 61.8 Å². The second kappa shape index (κ2) is 16.6. The van der Waals surface area contributed by atoms with Crippen molar-refractivity contribution in [3.05, 3.63) is 48.7 Å². The van der Waals surface area contributed by atoms with Crippen LogP contribution >= 0.6 is 0 Å². The summed E-state index contributed by atoms with van der Waals surface area (Å²) >= 11 is 0. The van der Waals surface area contributed by atoms with Gasteiger partial charge in [0.25, 0.3) is 0 Å². The van der Waals surface area contributed by atoms with Crippen LogP contribution in [0.4, 0.5) is 0 Å². The molecule has 0 atom stereocenters. The van der Waals surface area contributed by atoms with Crippen molar-refractivity contribution in [1.82, 2.24) is 10.2 Å². The zero-order valence-corrected chi connectivity index (χ0v) is 19.8. The quantitative estimate of drug-likeness (QED) is 0.255. The Hall–Kier alpha value is -1.18. The summed E-state index contributed by atoms with van der Waals surface area (Å²) in [5.74, 6) is 0. The van der Waals surface area contributed by atoms with E-state index in [9.17, 15) is 0 Å². The molecule has 6 heteroatoms. The molecule has 0 aliphatic carbocycles. The van der Waals surface area contributed by atoms with Gasteiger partial charge in [0.2, 0.25) is 0 Å². The zero-order chi connectivity index (χ0) is 21.2. The van der Waals surface area contributed by atoms with Crippen molar-refractivity contribution in [3.63, 3.8) is 0 Å². The lowest BCUT2D eigenvalue weighted by Gasteiger charge is -2.29. The largest absolute Gasteiger partial charge is 0.501 e. The topological polar surface area (TPSA) is 43.0 Å². The van der Waals surface area contributed by atoms with Gasteiger partial charge in [0, 0.05) is 45.5 Å². The minimum absolute atomic E-state index is 0.709. The highest BCUT2D eigenvalue weighted by molar-refractivity contribution is 6.60. The molecule has 0 saturated heterocycles. The van der Waals surface area contributed by atoms with Crippen molar-refractivity contribution in [3.8, 4) is 0 Å². The van der Waals surface area contributed by atoms with Gasteiger partial charge in [-0.15, -0.1) is 0 Å². The number of nitrogens with zero attached hydrogens (tertiary/aromatic N) is 1. The highest BCUT2D eigenvalue weighted by atomic mass is 28.4. The third-order valence-corrected chi connectivity index (χ3v) is 7.38. The highest BCUT2D eigenvalue weighted by Crippen LogP contribution is 2.19. The maximum absolute atomic E-state index is 6.16. The lowest BCUT2D eigenvalue weighted by Crippen LogP contribution is -2.47. The molecule has 0 radical (unpaired) electrons. The van der Waals surface area contributed by atoms with Crippen LogP contribution in [0.15, 0.2) is 43.1 Å². The predicted octanol–water partition coefficient (Wildman–Crippen LogP) is 4.83. The molecule has 0 unspecified atom stereocenters. The minimum atomic E-state index is -2.56. The van der Waals surface area contributed by atoms with Crippen LogP contribution in [-0.2, 0) is 19.8 Å². The average molecular weight is 423 g/mol.